The topological polar surface area (TPSA) is 34.1 Å². The minimum absolute atomic E-state index is 0.188. The van der Waals surface area contributed by atoms with Crippen molar-refractivity contribution < 1.29 is 4.74 Å². The normalized spacial score (nSPS) is 16.1. The first-order chi connectivity index (χ1) is 10.3. The number of hydrogen-bond donors (Lipinski definition) is 1. The summed E-state index contributed by atoms with van der Waals surface area (Å²) in [5.41, 5.74) is 2.38. The monoisotopic (exact) mass is 302 g/mol. The van der Waals surface area contributed by atoms with Crippen LogP contribution < -0.4 is 5.32 Å². The van der Waals surface area contributed by atoms with Crippen LogP contribution >= 0.6 is 11.3 Å². The van der Waals surface area contributed by atoms with Crippen LogP contribution in [0.25, 0.3) is 10.4 Å². The zero-order chi connectivity index (χ0) is 14.7. The summed E-state index contributed by atoms with van der Waals surface area (Å²) >= 11 is 1.79. The molecule has 1 aromatic heterocycles. The highest BCUT2D eigenvalue weighted by Crippen LogP contribution is 2.46. The van der Waals surface area contributed by atoms with Crippen LogP contribution in [0.1, 0.15) is 36.6 Å². The van der Waals surface area contributed by atoms with Crippen molar-refractivity contribution in [3.05, 3.63) is 41.0 Å². The molecule has 1 aliphatic rings. The number of hydrogen-bond acceptors (Lipinski definition) is 4. The Morgan fingerprint density at radius 2 is 2.10 bits per heavy atom. The molecule has 0 amide bonds. The molecule has 0 saturated heterocycles. The molecule has 2 aromatic rings. The Hall–Kier alpha value is -1.23. The van der Waals surface area contributed by atoms with Gasteiger partial charge in [-0.25, -0.2) is 4.98 Å². The number of benzene rings is 1. The second kappa shape index (κ2) is 6.69. The van der Waals surface area contributed by atoms with Crippen molar-refractivity contribution in [2.24, 2.45) is 5.92 Å². The van der Waals surface area contributed by atoms with Gasteiger partial charge in [0.1, 0.15) is 11.1 Å². The summed E-state index contributed by atoms with van der Waals surface area (Å²) < 4.78 is 5.96. The van der Waals surface area contributed by atoms with Gasteiger partial charge in [0, 0.05) is 13.2 Å². The number of nitrogens with zero attached hydrogens (tertiary/aromatic N) is 1. The van der Waals surface area contributed by atoms with Crippen molar-refractivity contribution in [2.45, 2.75) is 32.4 Å². The van der Waals surface area contributed by atoms with Gasteiger partial charge in [-0.1, -0.05) is 30.3 Å². The van der Waals surface area contributed by atoms with Crippen LogP contribution in [0, 0.1) is 5.92 Å². The van der Waals surface area contributed by atoms with E-state index in [-0.39, 0.29) is 6.10 Å². The second-order valence-electron chi connectivity index (χ2n) is 5.44. The van der Waals surface area contributed by atoms with Gasteiger partial charge in [-0.2, -0.15) is 0 Å². The smallest absolute Gasteiger partial charge is 0.123 e. The van der Waals surface area contributed by atoms with Crippen molar-refractivity contribution in [1.29, 1.82) is 0 Å². The lowest BCUT2D eigenvalue weighted by Gasteiger charge is -2.12. The highest BCUT2D eigenvalue weighted by Gasteiger charge is 2.35. The SMILES string of the molecule is CCOC(c1nc(CNC)c(-c2ccccc2)s1)C1CC1. The first-order valence-electron chi connectivity index (χ1n) is 7.64. The van der Waals surface area contributed by atoms with Gasteiger partial charge in [0.15, 0.2) is 0 Å². The molecule has 3 nitrogen and oxygen atoms in total. The van der Waals surface area contributed by atoms with Crippen molar-refractivity contribution in [3.63, 3.8) is 0 Å². The third-order valence-corrected chi connectivity index (χ3v) is 4.94. The lowest BCUT2D eigenvalue weighted by atomic mass is 10.1. The Morgan fingerprint density at radius 1 is 1.33 bits per heavy atom. The largest absolute Gasteiger partial charge is 0.371 e. The van der Waals surface area contributed by atoms with Gasteiger partial charge in [-0.3, -0.25) is 0 Å². The molecule has 4 heteroatoms. The number of thiazole rings is 1. The molecule has 21 heavy (non-hydrogen) atoms. The predicted octanol–water partition coefficient (Wildman–Crippen LogP) is 4.02. The maximum atomic E-state index is 5.96. The molecule has 112 valence electrons. The molecule has 1 atom stereocenters. The minimum atomic E-state index is 0.188. The summed E-state index contributed by atoms with van der Waals surface area (Å²) in [7, 11) is 1.97. The van der Waals surface area contributed by atoms with Crippen LogP contribution in [0.3, 0.4) is 0 Å². The summed E-state index contributed by atoms with van der Waals surface area (Å²) in [6.45, 7) is 3.61. The van der Waals surface area contributed by atoms with E-state index in [1.165, 1.54) is 23.3 Å². The van der Waals surface area contributed by atoms with Crippen molar-refractivity contribution >= 4 is 11.3 Å². The standard InChI is InChI=1S/C17H22N2OS/c1-3-20-15(12-9-10-12)17-19-14(11-18-2)16(21-17)13-7-5-4-6-8-13/h4-8,12,15,18H,3,9-11H2,1-2H3. The van der Waals surface area contributed by atoms with Crippen molar-refractivity contribution in [2.75, 3.05) is 13.7 Å². The number of rotatable bonds is 7. The molecule has 0 spiro atoms. The van der Waals surface area contributed by atoms with E-state index in [2.05, 4.69) is 42.6 Å². The van der Waals surface area contributed by atoms with Crippen molar-refractivity contribution in [3.8, 4) is 10.4 Å². The molecule has 1 aliphatic carbocycles. The molecule has 0 bridgehead atoms. The number of aromatic nitrogens is 1. The fourth-order valence-corrected chi connectivity index (χ4v) is 3.81. The average molecular weight is 302 g/mol. The predicted molar refractivity (Wildman–Crippen MR) is 87.4 cm³/mol. The fraction of sp³-hybridized carbons (Fsp3) is 0.471. The zero-order valence-corrected chi connectivity index (χ0v) is 13.5. The zero-order valence-electron chi connectivity index (χ0n) is 12.6. The average Bonchev–Trinajstić information content (AvgIpc) is 3.27. The van der Waals surface area contributed by atoms with Crippen LogP contribution in [-0.4, -0.2) is 18.6 Å². The van der Waals surface area contributed by atoms with Crippen LogP contribution in [-0.2, 0) is 11.3 Å². The van der Waals surface area contributed by atoms with E-state index in [0.717, 1.165) is 23.9 Å². The quantitative estimate of drug-likeness (QED) is 0.839. The van der Waals surface area contributed by atoms with E-state index in [4.69, 9.17) is 9.72 Å². The summed E-state index contributed by atoms with van der Waals surface area (Å²) in [5.74, 6) is 0.669. The summed E-state index contributed by atoms with van der Waals surface area (Å²) in [6, 6.07) is 10.5. The molecule has 1 saturated carbocycles. The molecule has 1 unspecified atom stereocenters. The Balaban J connectivity index is 1.95. The van der Waals surface area contributed by atoms with Crippen LogP contribution in [0.15, 0.2) is 30.3 Å². The van der Waals surface area contributed by atoms with Gasteiger partial charge in [0.25, 0.3) is 0 Å². The first-order valence-corrected chi connectivity index (χ1v) is 8.46. The lowest BCUT2D eigenvalue weighted by Crippen LogP contribution is -2.09. The van der Waals surface area contributed by atoms with Gasteiger partial charge >= 0.3 is 0 Å². The maximum Gasteiger partial charge on any atom is 0.123 e. The highest BCUT2D eigenvalue weighted by atomic mass is 32.1. The van der Waals surface area contributed by atoms with E-state index >= 15 is 0 Å². The molecule has 1 heterocycles. The molecule has 0 aliphatic heterocycles. The van der Waals surface area contributed by atoms with E-state index < -0.39 is 0 Å². The molecule has 1 N–H and O–H groups in total. The summed E-state index contributed by atoms with van der Waals surface area (Å²) in [4.78, 5) is 6.16. The van der Waals surface area contributed by atoms with Gasteiger partial charge in [-0.15, -0.1) is 11.3 Å². The highest BCUT2D eigenvalue weighted by molar-refractivity contribution is 7.15. The molecular weight excluding hydrogens is 280 g/mol. The first kappa shape index (κ1) is 14.7. The molecule has 0 radical (unpaired) electrons. The molecule has 1 fully saturated rings. The van der Waals surface area contributed by atoms with Gasteiger partial charge in [0.05, 0.1) is 10.6 Å². The van der Waals surface area contributed by atoms with Gasteiger partial charge < -0.3 is 10.1 Å². The Labute approximate surface area is 130 Å². The maximum absolute atomic E-state index is 5.96. The lowest BCUT2D eigenvalue weighted by molar-refractivity contribution is 0.0461. The number of nitrogens with one attached hydrogen (secondary N) is 1. The Morgan fingerprint density at radius 3 is 2.71 bits per heavy atom. The second-order valence-corrected chi connectivity index (χ2v) is 6.47. The summed E-state index contributed by atoms with van der Waals surface area (Å²) in [5, 5.41) is 4.37. The molecular formula is C17H22N2OS. The van der Waals surface area contributed by atoms with Crippen molar-refractivity contribution in [1.82, 2.24) is 10.3 Å². The van der Waals surface area contributed by atoms with E-state index in [1.54, 1.807) is 11.3 Å². The fourth-order valence-electron chi connectivity index (χ4n) is 2.58. The van der Waals surface area contributed by atoms with Crippen LogP contribution in [0.5, 0.6) is 0 Å². The van der Waals surface area contributed by atoms with E-state index in [1.807, 2.05) is 7.05 Å². The Kier molecular flexibility index (Phi) is 4.68. The van der Waals surface area contributed by atoms with Crippen LogP contribution in [0.4, 0.5) is 0 Å². The Bertz CT molecular complexity index is 578. The van der Waals surface area contributed by atoms with Gasteiger partial charge in [-0.05, 0) is 38.3 Å². The van der Waals surface area contributed by atoms with Gasteiger partial charge in [0.2, 0.25) is 0 Å². The van der Waals surface area contributed by atoms with Crippen LogP contribution in [0.2, 0.25) is 0 Å². The summed E-state index contributed by atoms with van der Waals surface area (Å²) in [6.07, 6.45) is 2.73. The van der Waals surface area contributed by atoms with E-state index in [9.17, 15) is 0 Å². The molecule has 3 rings (SSSR count). The third kappa shape index (κ3) is 3.34. The van der Waals surface area contributed by atoms with E-state index in [0.29, 0.717) is 5.92 Å². The third-order valence-electron chi connectivity index (χ3n) is 3.73. The molecule has 1 aromatic carbocycles. The minimum Gasteiger partial charge on any atom is -0.371 e. The number of ether oxygens (including phenoxy) is 1.